The highest BCUT2D eigenvalue weighted by Gasteiger charge is 2.09. The summed E-state index contributed by atoms with van der Waals surface area (Å²) in [6.07, 6.45) is 3.93. The molecule has 2 N–H and O–H groups in total. The maximum atomic E-state index is 6.23. The van der Waals surface area contributed by atoms with Gasteiger partial charge in [0.05, 0.1) is 5.69 Å². The highest BCUT2D eigenvalue weighted by atomic mass is 15.3. The van der Waals surface area contributed by atoms with Crippen molar-refractivity contribution in [2.45, 2.75) is 38.6 Å². The molecule has 0 aliphatic heterocycles. The summed E-state index contributed by atoms with van der Waals surface area (Å²) in [7, 11) is 2.00. The molecule has 1 atom stereocenters. The number of aromatic nitrogens is 2. The fourth-order valence-electron chi connectivity index (χ4n) is 2.30. The lowest BCUT2D eigenvalue weighted by Gasteiger charge is -2.11. The Balaban J connectivity index is 1.87. The van der Waals surface area contributed by atoms with Gasteiger partial charge in [0.25, 0.3) is 0 Å². The minimum Gasteiger partial charge on any atom is -0.327 e. The van der Waals surface area contributed by atoms with E-state index in [0.29, 0.717) is 0 Å². The van der Waals surface area contributed by atoms with E-state index in [1.807, 2.05) is 17.8 Å². The summed E-state index contributed by atoms with van der Waals surface area (Å²) >= 11 is 0. The van der Waals surface area contributed by atoms with Crippen molar-refractivity contribution in [3.05, 3.63) is 53.3 Å². The monoisotopic (exact) mass is 257 g/mol. The molecule has 1 aromatic carbocycles. The lowest BCUT2D eigenvalue weighted by atomic mass is 10.0. The number of hydrogen-bond acceptors (Lipinski definition) is 2. The van der Waals surface area contributed by atoms with Crippen molar-refractivity contribution in [1.29, 1.82) is 0 Å². The van der Waals surface area contributed by atoms with Crippen LogP contribution in [0.15, 0.2) is 36.4 Å². The molecule has 1 aromatic heterocycles. The quantitative estimate of drug-likeness (QED) is 0.864. The third-order valence-corrected chi connectivity index (χ3v) is 3.51. The molecule has 0 amide bonds. The molecule has 0 saturated carbocycles. The van der Waals surface area contributed by atoms with Gasteiger partial charge in [-0.1, -0.05) is 37.3 Å². The predicted molar refractivity (Wildman–Crippen MR) is 79.0 cm³/mol. The highest BCUT2D eigenvalue weighted by molar-refractivity contribution is 5.15. The Hall–Kier alpha value is -1.61. The van der Waals surface area contributed by atoms with E-state index in [4.69, 9.17) is 5.73 Å². The first kappa shape index (κ1) is 13.8. The molecule has 1 heterocycles. The summed E-state index contributed by atoms with van der Waals surface area (Å²) < 4.78 is 1.96. The molecule has 102 valence electrons. The Morgan fingerprint density at radius 3 is 2.63 bits per heavy atom. The Kier molecular flexibility index (Phi) is 4.74. The molecular formula is C16H23N3. The molecule has 0 saturated heterocycles. The zero-order valence-electron chi connectivity index (χ0n) is 11.8. The van der Waals surface area contributed by atoms with Crippen LogP contribution in [0.25, 0.3) is 0 Å². The van der Waals surface area contributed by atoms with Crippen molar-refractivity contribution in [1.82, 2.24) is 9.78 Å². The summed E-state index contributed by atoms with van der Waals surface area (Å²) in [4.78, 5) is 0. The van der Waals surface area contributed by atoms with Crippen LogP contribution in [-0.2, 0) is 26.3 Å². The van der Waals surface area contributed by atoms with Crippen molar-refractivity contribution in [3.8, 4) is 0 Å². The summed E-state index contributed by atoms with van der Waals surface area (Å²) in [5.74, 6) is 0. The van der Waals surface area contributed by atoms with E-state index < -0.39 is 0 Å². The highest BCUT2D eigenvalue weighted by Crippen LogP contribution is 2.10. The van der Waals surface area contributed by atoms with Gasteiger partial charge >= 0.3 is 0 Å². The Labute approximate surface area is 115 Å². The topological polar surface area (TPSA) is 43.8 Å². The lowest BCUT2D eigenvalue weighted by molar-refractivity contribution is 0.577. The first-order chi connectivity index (χ1) is 9.19. The van der Waals surface area contributed by atoms with Gasteiger partial charge in [0.2, 0.25) is 0 Å². The van der Waals surface area contributed by atoms with E-state index in [0.717, 1.165) is 31.4 Å². The number of benzene rings is 1. The summed E-state index contributed by atoms with van der Waals surface area (Å²) in [5, 5.41) is 4.46. The molecule has 0 fully saturated rings. The second kappa shape index (κ2) is 6.53. The minimum absolute atomic E-state index is 0.195. The van der Waals surface area contributed by atoms with Gasteiger partial charge in [-0.25, -0.2) is 0 Å². The van der Waals surface area contributed by atoms with E-state index in [1.165, 1.54) is 11.3 Å². The van der Waals surface area contributed by atoms with Crippen LogP contribution >= 0.6 is 0 Å². The van der Waals surface area contributed by atoms with Crippen molar-refractivity contribution in [2.24, 2.45) is 12.8 Å². The predicted octanol–water partition coefficient (Wildman–Crippen LogP) is 2.49. The number of nitrogens with two attached hydrogens (primary N) is 1. The van der Waals surface area contributed by atoms with Gasteiger partial charge in [0.15, 0.2) is 0 Å². The average molecular weight is 257 g/mol. The van der Waals surface area contributed by atoms with E-state index in [2.05, 4.69) is 42.4 Å². The maximum Gasteiger partial charge on any atom is 0.0624 e. The molecule has 19 heavy (non-hydrogen) atoms. The van der Waals surface area contributed by atoms with Gasteiger partial charge in [0.1, 0.15) is 0 Å². The van der Waals surface area contributed by atoms with Gasteiger partial charge in [0, 0.05) is 25.2 Å². The molecule has 3 heteroatoms. The zero-order valence-corrected chi connectivity index (χ0v) is 11.8. The second-order valence-corrected chi connectivity index (χ2v) is 5.09. The molecule has 3 nitrogen and oxygen atoms in total. The van der Waals surface area contributed by atoms with Crippen molar-refractivity contribution >= 4 is 0 Å². The van der Waals surface area contributed by atoms with E-state index >= 15 is 0 Å². The molecule has 0 radical (unpaired) electrons. The number of nitrogens with zero attached hydrogens (tertiary/aromatic N) is 2. The van der Waals surface area contributed by atoms with Crippen LogP contribution in [0.3, 0.4) is 0 Å². The van der Waals surface area contributed by atoms with Crippen LogP contribution in [0.4, 0.5) is 0 Å². The Bertz CT molecular complexity index is 502. The maximum absolute atomic E-state index is 6.23. The number of aryl methyl sites for hydroxylation is 3. The normalized spacial score (nSPS) is 12.6. The van der Waals surface area contributed by atoms with Gasteiger partial charge in [-0.3, -0.25) is 4.68 Å². The summed E-state index contributed by atoms with van der Waals surface area (Å²) in [6, 6.07) is 12.9. The largest absolute Gasteiger partial charge is 0.327 e. The molecule has 0 aliphatic carbocycles. The van der Waals surface area contributed by atoms with Gasteiger partial charge in [-0.2, -0.15) is 5.10 Å². The van der Waals surface area contributed by atoms with Gasteiger partial charge in [-0.05, 0) is 30.9 Å². The third-order valence-electron chi connectivity index (χ3n) is 3.51. The number of rotatable bonds is 6. The van der Waals surface area contributed by atoms with Crippen LogP contribution in [0, 0.1) is 0 Å². The average Bonchev–Trinajstić information content (AvgIpc) is 2.78. The van der Waals surface area contributed by atoms with Crippen LogP contribution in [0.1, 0.15) is 30.3 Å². The van der Waals surface area contributed by atoms with Crippen molar-refractivity contribution in [3.63, 3.8) is 0 Å². The zero-order chi connectivity index (χ0) is 13.7. The fraction of sp³-hybridized carbons (Fsp3) is 0.438. The van der Waals surface area contributed by atoms with Crippen molar-refractivity contribution < 1.29 is 0 Å². The minimum atomic E-state index is 0.195. The third kappa shape index (κ3) is 3.93. The van der Waals surface area contributed by atoms with Crippen molar-refractivity contribution in [2.75, 3.05) is 0 Å². The Morgan fingerprint density at radius 2 is 2.00 bits per heavy atom. The first-order valence-electron chi connectivity index (χ1n) is 7.00. The van der Waals surface area contributed by atoms with Gasteiger partial charge < -0.3 is 5.73 Å². The summed E-state index contributed by atoms with van der Waals surface area (Å²) in [5.41, 5.74) is 9.97. The molecule has 0 aliphatic rings. The van der Waals surface area contributed by atoms with E-state index in [1.54, 1.807) is 0 Å². The molecule has 0 bridgehead atoms. The molecule has 0 spiro atoms. The van der Waals surface area contributed by atoms with Crippen LogP contribution in [0.2, 0.25) is 0 Å². The Morgan fingerprint density at radius 1 is 1.26 bits per heavy atom. The SMILES string of the molecule is CCc1cc(CC(N)CCc2ccccc2)n(C)n1. The van der Waals surface area contributed by atoms with E-state index in [-0.39, 0.29) is 6.04 Å². The molecule has 1 unspecified atom stereocenters. The molecule has 2 aromatic rings. The second-order valence-electron chi connectivity index (χ2n) is 5.09. The number of hydrogen-bond donors (Lipinski definition) is 1. The van der Waals surface area contributed by atoms with E-state index in [9.17, 15) is 0 Å². The lowest BCUT2D eigenvalue weighted by Crippen LogP contribution is -2.24. The first-order valence-corrected chi connectivity index (χ1v) is 7.00. The molecular weight excluding hydrogens is 234 g/mol. The van der Waals surface area contributed by atoms with Crippen LogP contribution < -0.4 is 5.73 Å². The van der Waals surface area contributed by atoms with Crippen LogP contribution in [-0.4, -0.2) is 15.8 Å². The standard InChI is InChI=1S/C16H23N3/c1-3-15-12-16(19(2)18-15)11-14(17)10-9-13-7-5-4-6-8-13/h4-8,12,14H,3,9-11,17H2,1-2H3. The van der Waals surface area contributed by atoms with Crippen LogP contribution in [0.5, 0.6) is 0 Å². The smallest absolute Gasteiger partial charge is 0.0624 e. The van der Waals surface area contributed by atoms with Gasteiger partial charge in [-0.15, -0.1) is 0 Å². The fourth-order valence-corrected chi connectivity index (χ4v) is 2.30. The summed E-state index contributed by atoms with van der Waals surface area (Å²) in [6.45, 7) is 2.13. The molecule has 2 rings (SSSR count).